The van der Waals surface area contributed by atoms with Crippen LogP contribution in [-0.2, 0) is 4.74 Å². The van der Waals surface area contributed by atoms with Crippen molar-refractivity contribution in [2.75, 3.05) is 6.61 Å². The van der Waals surface area contributed by atoms with Gasteiger partial charge in [-0.15, -0.1) is 5.10 Å². The molecular weight excluding hydrogens is 563 g/mol. The number of hydrogen-bond acceptors (Lipinski definition) is 4. The van der Waals surface area contributed by atoms with Crippen LogP contribution in [0.3, 0.4) is 0 Å². The fourth-order valence-corrected chi connectivity index (χ4v) is 4.54. The van der Waals surface area contributed by atoms with Crippen LogP contribution >= 0.6 is 23.2 Å². The Morgan fingerprint density at radius 1 is 0.881 bits per heavy atom. The van der Waals surface area contributed by atoms with Crippen molar-refractivity contribution in [3.05, 3.63) is 63.6 Å². The van der Waals surface area contributed by atoms with Crippen LogP contribution in [0.2, 0.25) is 10.0 Å². The van der Waals surface area contributed by atoms with Gasteiger partial charge in [-0.2, -0.15) is 5.10 Å². The largest absolute Gasteiger partial charge is 0.441 e. The Kier molecular flexibility index (Phi) is 22.5. The summed E-state index contributed by atoms with van der Waals surface area (Å²) in [5.41, 5.74) is 3.62. The molecular formula is C36H58Cl2N2O2. The van der Waals surface area contributed by atoms with Crippen molar-refractivity contribution in [2.24, 2.45) is 16.1 Å². The second kappa shape index (κ2) is 23.6. The van der Waals surface area contributed by atoms with Gasteiger partial charge in [0.1, 0.15) is 5.75 Å². The van der Waals surface area contributed by atoms with E-state index in [2.05, 4.69) is 58.7 Å². The molecule has 42 heavy (non-hydrogen) atoms. The lowest BCUT2D eigenvalue weighted by atomic mass is 9.90. The second-order valence-electron chi connectivity index (χ2n) is 11.3. The molecule has 0 saturated carbocycles. The van der Waals surface area contributed by atoms with Crippen LogP contribution in [0.5, 0.6) is 5.75 Å². The molecule has 0 radical (unpaired) electrons. The van der Waals surface area contributed by atoms with Crippen molar-refractivity contribution in [2.45, 2.75) is 133 Å². The average Bonchev–Trinajstić information content (AvgIpc) is 3.39. The van der Waals surface area contributed by atoms with Crippen molar-refractivity contribution in [1.82, 2.24) is 0 Å². The predicted octanol–water partition coefficient (Wildman–Crippen LogP) is 12.5. The van der Waals surface area contributed by atoms with E-state index in [1.54, 1.807) is 6.07 Å². The molecule has 0 atom stereocenters. The Morgan fingerprint density at radius 2 is 1.50 bits per heavy atom. The minimum Gasteiger partial charge on any atom is -0.441 e. The first-order chi connectivity index (χ1) is 20.0. The topological polar surface area (TPSA) is 43.2 Å². The molecule has 0 N–H and O–H groups in total. The SMILES string of the molecule is CCC.CCC/C(=N\N=C(/C)C(C)C)Oc1cccc(C)c1.CCCC1(CCC)CCCO1.Cc1ccc(Cl)c(Cl)c1. The highest BCUT2D eigenvalue weighted by atomic mass is 35.5. The van der Waals surface area contributed by atoms with Gasteiger partial charge in [0.2, 0.25) is 5.90 Å². The molecule has 1 aliphatic heterocycles. The zero-order chi connectivity index (χ0) is 32.0. The molecule has 2 aromatic carbocycles. The molecule has 1 fully saturated rings. The summed E-state index contributed by atoms with van der Waals surface area (Å²) < 4.78 is 11.6. The summed E-state index contributed by atoms with van der Waals surface area (Å²) in [7, 11) is 0. The predicted molar refractivity (Wildman–Crippen MR) is 187 cm³/mol. The molecule has 0 aromatic heterocycles. The Bertz CT molecular complexity index is 1040. The molecule has 0 spiro atoms. The molecule has 1 saturated heterocycles. The third-order valence-electron chi connectivity index (χ3n) is 6.52. The average molecular weight is 622 g/mol. The third-order valence-corrected chi connectivity index (χ3v) is 7.25. The van der Waals surface area contributed by atoms with Gasteiger partial charge >= 0.3 is 0 Å². The van der Waals surface area contributed by atoms with E-state index >= 15 is 0 Å². The van der Waals surface area contributed by atoms with Crippen LogP contribution in [0.4, 0.5) is 0 Å². The summed E-state index contributed by atoms with van der Waals surface area (Å²) >= 11 is 11.3. The van der Waals surface area contributed by atoms with Gasteiger partial charge in [-0.3, -0.25) is 0 Å². The van der Waals surface area contributed by atoms with Crippen molar-refractivity contribution in [1.29, 1.82) is 0 Å². The van der Waals surface area contributed by atoms with E-state index in [9.17, 15) is 0 Å². The molecule has 4 nitrogen and oxygen atoms in total. The monoisotopic (exact) mass is 620 g/mol. The van der Waals surface area contributed by atoms with Gasteiger partial charge in [0, 0.05) is 18.7 Å². The van der Waals surface area contributed by atoms with E-state index in [1.807, 2.05) is 57.2 Å². The zero-order valence-electron chi connectivity index (χ0n) is 28.2. The first-order valence-electron chi connectivity index (χ1n) is 15.9. The zero-order valence-corrected chi connectivity index (χ0v) is 29.7. The van der Waals surface area contributed by atoms with Crippen LogP contribution in [0, 0.1) is 19.8 Å². The number of benzene rings is 2. The van der Waals surface area contributed by atoms with Gasteiger partial charge < -0.3 is 9.47 Å². The highest BCUT2D eigenvalue weighted by Crippen LogP contribution is 2.34. The molecule has 2 aromatic rings. The third kappa shape index (κ3) is 17.9. The van der Waals surface area contributed by atoms with Crippen LogP contribution in [0.15, 0.2) is 52.7 Å². The lowest BCUT2D eigenvalue weighted by Crippen LogP contribution is -2.26. The van der Waals surface area contributed by atoms with Crippen molar-refractivity contribution in [3.63, 3.8) is 0 Å². The van der Waals surface area contributed by atoms with E-state index in [0.29, 0.717) is 27.5 Å². The van der Waals surface area contributed by atoms with Gasteiger partial charge in [0.05, 0.1) is 15.6 Å². The number of halogens is 2. The van der Waals surface area contributed by atoms with E-state index < -0.39 is 0 Å². The highest BCUT2D eigenvalue weighted by Gasteiger charge is 2.32. The van der Waals surface area contributed by atoms with Crippen molar-refractivity contribution >= 4 is 34.8 Å². The Labute approximate surface area is 268 Å². The molecule has 238 valence electrons. The van der Waals surface area contributed by atoms with Crippen LogP contribution < -0.4 is 4.74 Å². The van der Waals surface area contributed by atoms with Crippen LogP contribution in [-0.4, -0.2) is 23.8 Å². The molecule has 3 rings (SSSR count). The van der Waals surface area contributed by atoms with Crippen LogP contribution in [0.25, 0.3) is 0 Å². The minimum absolute atomic E-state index is 0.295. The van der Waals surface area contributed by atoms with Gasteiger partial charge in [0.15, 0.2) is 0 Å². The summed E-state index contributed by atoms with van der Waals surface area (Å²) in [6, 6.07) is 13.5. The quantitative estimate of drug-likeness (QED) is 0.159. The van der Waals surface area contributed by atoms with E-state index in [4.69, 9.17) is 32.7 Å². The summed E-state index contributed by atoms with van der Waals surface area (Å²) in [5, 5.41) is 9.72. The Hall–Kier alpha value is -1.88. The molecule has 0 bridgehead atoms. The first kappa shape index (κ1) is 40.1. The maximum absolute atomic E-state index is 5.82. The van der Waals surface area contributed by atoms with Crippen molar-refractivity contribution < 1.29 is 9.47 Å². The van der Waals surface area contributed by atoms with Gasteiger partial charge in [-0.05, 0) is 94.2 Å². The standard InChI is InChI=1S/C16H24N2O.C10H20O.C7H6Cl2.C3H8/c1-6-8-16(18-17-14(5)12(2)3)19-15-10-7-9-13(4)11-15;1-3-6-10(7-4-2)8-5-9-11-10;1-5-2-3-6(8)7(9)4-5;1-3-2/h7,9-12H,6,8H2,1-5H3;3-9H2,1-2H3;2-4H,1H3;3H2,1-2H3/b17-14+,18-16+;;;. The number of nitrogens with zero attached hydrogens (tertiary/aromatic N) is 2. The number of ether oxygens (including phenoxy) is 2. The summed E-state index contributed by atoms with van der Waals surface area (Å²) in [4.78, 5) is 0. The summed E-state index contributed by atoms with van der Waals surface area (Å²) in [6.45, 7) is 22.1. The minimum atomic E-state index is 0.295. The lowest BCUT2D eigenvalue weighted by Gasteiger charge is -2.27. The molecule has 1 heterocycles. The van der Waals surface area contributed by atoms with Crippen LogP contribution in [0.1, 0.15) is 124 Å². The maximum Gasteiger partial charge on any atom is 0.214 e. The maximum atomic E-state index is 5.82. The molecule has 6 heteroatoms. The van der Waals surface area contributed by atoms with Gasteiger partial charge in [-0.25, -0.2) is 0 Å². The molecule has 0 unspecified atom stereocenters. The Balaban J connectivity index is 0.000000617. The van der Waals surface area contributed by atoms with E-state index in [0.717, 1.165) is 36.5 Å². The second-order valence-corrected chi connectivity index (χ2v) is 12.1. The van der Waals surface area contributed by atoms with Crippen molar-refractivity contribution in [3.8, 4) is 5.75 Å². The normalized spacial score (nSPS) is 14.2. The summed E-state index contributed by atoms with van der Waals surface area (Å²) in [5.74, 6) is 1.91. The summed E-state index contributed by atoms with van der Waals surface area (Å²) in [6.07, 6.45) is 10.7. The van der Waals surface area contributed by atoms with E-state index in [1.165, 1.54) is 50.5 Å². The molecule has 1 aliphatic rings. The smallest absolute Gasteiger partial charge is 0.214 e. The fraction of sp³-hybridized carbons (Fsp3) is 0.611. The number of rotatable bonds is 9. The fourth-order valence-electron chi connectivity index (χ4n) is 4.19. The van der Waals surface area contributed by atoms with Gasteiger partial charge in [-0.1, -0.05) is 109 Å². The van der Waals surface area contributed by atoms with Gasteiger partial charge in [0.25, 0.3) is 0 Å². The highest BCUT2D eigenvalue weighted by molar-refractivity contribution is 6.42. The van der Waals surface area contributed by atoms with E-state index in [-0.39, 0.29) is 0 Å². The first-order valence-corrected chi connectivity index (χ1v) is 16.6. The Morgan fingerprint density at radius 3 is 1.95 bits per heavy atom. The number of hydrogen-bond donors (Lipinski definition) is 0. The lowest BCUT2D eigenvalue weighted by molar-refractivity contribution is -0.0107. The molecule has 0 aliphatic carbocycles. The molecule has 0 amide bonds. The number of aryl methyl sites for hydroxylation is 2.